The van der Waals surface area contributed by atoms with Gasteiger partial charge in [-0.1, -0.05) is 12.7 Å². The Labute approximate surface area is 169 Å². The van der Waals surface area contributed by atoms with Crippen LogP contribution in [0.2, 0.25) is 0 Å². The Kier molecular flexibility index (Phi) is 3.77. The third kappa shape index (κ3) is 3.32. The first kappa shape index (κ1) is 16.3. The van der Waals surface area contributed by atoms with Crippen molar-refractivity contribution in [3.05, 3.63) is 76.9 Å². The average Bonchev–Trinajstić information content (AvgIpc) is 3.46. The molecule has 1 unspecified atom stereocenters. The van der Waals surface area contributed by atoms with Crippen LogP contribution in [-0.2, 0) is 0 Å². The monoisotopic (exact) mass is 381 g/mol. The molecule has 0 saturated heterocycles. The standard InChI is InChI=1S/C24H20N4O/c1-3-15-8-20-13-24-22(14(2)29)11-21(28-24)10-18-5-4-16(25-18)9-17-6-7-19(26-17)12-23(15)27-20/h3-14,27-29H,1H2,2H3/i11D. The number of fused-ring (bicyclic) bond motifs is 8. The minimum atomic E-state index is -0.785. The number of H-pyrrole nitrogens is 2. The molecule has 1 atom stereocenters. The van der Waals surface area contributed by atoms with E-state index in [-0.39, 0.29) is 6.04 Å². The number of nitrogens with zero attached hydrogens (tertiary/aromatic N) is 2. The molecule has 8 bridgehead atoms. The molecule has 0 fully saturated rings. The Balaban J connectivity index is 1.93. The molecule has 5 nitrogen and oxygen atoms in total. The zero-order valence-corrected chi connectivity index (χ0v) is 15.9. The van der Waals surface area contributed by atoms with Crippen molar-refractivity contribution < 1.29 is 6.48 Å². The number of rotatable bonds is 2. The predicted molar refractivity (Wildman–Crippen MR) is 120 cm³/mol. The highest BCUT2D eigenvalue weighted by atomic mass is 16.3. The van der Waals surface area contributed by atoms with Crippen LogP contribution in [0.15, 0.2) is 43.0 Å². The molecule has 3 aromatic heterocycles. The molecule has 3 aromatic rings. The first-order chi connectivity index (χ1) is 14.5. The molecule has 142 valence electrons. The van der Waals surface area contributed by atoms with Crippen molar-refractivity contribution in [2.24, 2.45) is 0 Å². The summed E-state index contributed by atoms with van der Waals surface area (Å²) in [5.74, 6) is 0. The number of aromatic nitrogens is 4. The second kappa shape index (κ2) is 6.72. The molecule has 5 heterocycles. The lowest BCUT2D eigenvalue weighted by atomic mass is 10.1. The summed E-state index contributed by atoms with van der Waals surface area (Å²) >= 11 is 0. The van der Waals surface area contributed by atoms with Crippen LogP contribution in [0, 0.1) is 0 Å². The van der Waals surface area contributed by atoms with E-state index in [4.69, 9.17) is 1.37 Å². The summed E-state index contributed by atoms with van der Waals surface area (Å²) in [6.45, 7) is 5.58. The van der Waals surface area contributed by atoms with Gasteiger partial charge in [0.15, 0.2) is 0 Å². The number of nitrogens with one attached hydrogen (secondary N) is 2. The van der Waals surface area contributed by atoms with Gasteiger partial charge in [0.05, 0.1) is 30.3 Å². The Morgan fingerprint density at radius 1 is 0.897 bits per heavy atom. The van der Waals surface area contributed by atoms with Crippen LogP contribution in [0.4, 0.5) is 0 Å². The molecule has 5 heteroatoms. The number of hydrogen-bond acceptors (Lipinski definition) is 3. The molecule has 0 spiro atoms. The SMILES string of the molecule is [2H]c1c(C(C)O)c2cc3cc(C=C)c(cc4nc(cc5nc(cc1[nH]2)C=C5)C=C4)[nH]3. The number of aliphatic hydroxyl groups excluding tert-OH is 1. The Morgan fingerprint density at radius 3 is 2.17 bits per heavy atom. The molecular weight excluding hydrogens is 360 g/mol. The summed E-state index contributed by atoms with van der Waals surface area (Å²) in [5.41, 5.74) is 7.71. The molecule has 0 radical (unpaired) electrons. The summed E-state index contributed by atoms with van der Waals surface area (Å²) in [6.07, 6.45) is 8.75. The fourth-order valence-corrected chi connectivity index (χ4v) is 3.56. The number of aromatic amines is 2. The van der Waals surface area contributed by atoms with E-state index in [2.05, 4.69) is 26.5 Å². The summed E-state index contributed by atoms with van der Waals surface area (Å²) in [6, 6.07) is 9.86. The molecule has 0 aromatic carbocycles. The maximum Gasteiger partial charge on any atom is 0.0782 e. The van der Waals surface area contributed by atoms with E-state index in [9.17, 15) is 5.11 Å². The zero-order valence-electron chi connectivity index (χ0n) is 16.9. The van der Waals surface area contributed by atoms with Gasteiger partial charge >= 0.3 is 0 Å². The van der Waals surface area contributed by atoms with E-state index < -0.39 is 6.10 Å². The first-order valence-corrected chi connectivity index (χ1v) is 9.42. The summed E-state index contributed by atoms with van der Waals surface area (Å²) < 4.78 is 8.56. The second-order valence-corrected chi connectivity index (χ2v) is 7.13. The van der Waals surface area contributed by atoms with Gasteiger partial charge in [0, 0.05) is 27.6 Å². The predicted octanol–water partition coefficient (Wildman–Crippen LogP) is 5.35. The molecule has 2 aliphatic rings. The first-order valence-electron chi connectivity index (χ1n) is 9.92. The minimum absolute atomic E-state index is 0.262. The highest BCUT2D eigenvalue weighted by molar-refractivity contribution is 5.81. The average molecular weight is 381 g/mol. The van der Waals surface area contributed by atoms with Crippen molar-refractivity contribution in [1.29, 1.82) is 0 Å². The van der Waals surface area contributed by atoms with E-state index in [0.717, 1.165) is 39.4 Å². The van der Waals surface area contributed by atoms with Gasteiger partial charge in [-0.2, -0.15) is 0 Å². The Hall–Kier alpha value is -3.70. The molecule has 5 rings (SSSR count). The van der Waals surface area contributed by atoms with Crippen LogP contribution < -0.4 is 0 Å². The van der Waals surface area contributed by atoms with Gasteiger partial charge in [0.25, 0.3) is 0 Å². The van der Waals surface area contributed by atoms with Gasteiger partial charge in [0.1, 0.15) is 0 Å². The van der Waals surface area contributed by atoms with Crippen molar-refractivity contribution in [1.82, 2.24) is 19.9 Å². The van der Waals surface area contributed by atoms with Crippen LogP contribution in [0.5, 0.6) is 0 Å². The van der Waals surface area contributed by atoms with Crippen LogP contribution in [0.3, 0.4) is 0 Å². The minimum Gasteiger partial charge on any atom is -0.389 e. The molecule has 0 amide bonds. The van der Waals surface area contributed by atoms with Crippen LogP contribution in [0.25, 0.3) is 52.4 Å². The fourth-order valence-electron chi connectivity index (χ4n) is 3.56. The van der Waals surface area contributed by atoms with Gasteiger partial charge in [-0.3, -0.25) is 0 Å². The maximum atomic E-state index is 10.3. The fraction of sp³-hybridized carbons (Fsp3) is 0.0833. The highest BCUT2D eigenvalue weighted by Crippen LogP contribution is 2.24. The third-order valence-corrected chi connectivity index (χ3v) is 4.91. The van der Waals surface area contributed by atoms with E-state index in [1.807, 2.05) is 54.6 Å². The lowest BCUT2D eigenvalue weighted by molar-refractivity contribution is 0.201. The molecule has 0 saturated carbocycles. The Morgan fingerprint density at radius 2 is 1.52 bits per heavy atom. The van der Waals surface area contributed by atoms with E-state index in [1.54, 1.807) is 13.0 Å². The smallest absolute Gasteiger partial charge is 0.0782 e. The van der Waals surface area contributed by atoms with Crippen molar-refractivity contribution >= 4 is 52.4 Å². The van der Waals surface area contributed by atoms with Gasteiger partial charge < -0.3 is 15.1 Å². The summed E-state index contributed by atoms with van der Waals surface area (Å²) in [5, 5.41) is 10.3. The molecular formula is C24H20N4O. The van der Waals surface area contributed by atoms with Gasteiger partial charge in [-0.05, 0) is 73.2 Å². The number of hydrogen-bond donors (Lipinski definition) is 3. The lowest BCUT2D eigenvalue weighted by Gasteiger charge is -1.99. The topological polar surface area (TPSA) is 77.6 Å². The largest absolute Gasteiger partial charge is 0.389 e. The lowest BCUT2D eigenvalue weighted by Crippen LogP contribution is -1.87. The summed E-state index contributed by atoms with van der Waals surface area (Å²) in [4.78, 5) is 15.9. The van der Waals surface area contributed by atoms with Gasteiger partial charge in [-0.15, -0.1) is 0 Å². The van der Waals surface area contributed by atoms with Crippen molar-refractivity contribution in [2.45, 2.75) is 13.0 Å². The zero-order chi connectivity index (χ0) is 20.8. The maximum absolute atomic E-state index is 10.3. The highest BCUT2D eigenvalue weighted by Gasteiger charge is 2.08. The molecule has 29 heavy (non-hydrogen) atoms. The normalized spacial score (nSPS) is 14.1. The second-order valence-electron chi connectivity index (χ2n) is 7.13. The molecule has 3 N–H and O–H groups in total. The van der Waals surface area contributed by atoms with Gasteiger partial charge in [0.2, 0.25) is 0 Å². The molecule has 2 aliphatic heterocycles. The summed E-state index contributed by atoms with van der Waals surface area (Å²) in [7, 11) is 0. The van der Waals surface area contributed by atoms with Crippen LogP contribution in [0.1, 0.15) is 48.3 Å². The van der Waals surface area contributed by atoms with Crippen molar-refractivity contribution in [3.8, 4) is 0 Å². The molecule has 0 aliphatic carbocycles. The van der Waals surface area contributed by atoms with Gasteiger partial charge in [-0.25, -0.2) is 9.97 Å². The van der Waals surface area contributed by atoms with E-state index in [1.165, 1.54) is 0 Å². The quantitative estimate of drug-likeness (QED) is 0.386. The van der Waals surface area contributed by atoms with E-state index in [0.29, 0.717) is 16.6 Å². The Bertz CT molecular complexity index is 1410. The van der Waals surface area contributed by atoms with Crippen molar-refractivity contribution in [2.75, 3.05) is 0 Å². The van der Waals surface area contributed by atoms with E-state index >= 15 is 0 Å². The van der Waals surface area contributed by atoms with Crippen LogP contribution >= 0.6 is 0 Å². The number of aliphatic hydroxyl groups is 1. The third-order valence-electron chi connectivity index (χ3n) is 4.91. The van der Waals surface area contributed by atoms with Crippen LogP contribution in [-0.4, -0.2) is 25.0 Å². The van der Waals surface area contributed by atoms with Crippen molar-refractivity contribution in [3.63, 3.8) is 0 Å².